The van der Waals surface area contributed by atoms with Crippen LogP contribution in [0.2, 0.25) is 0 Å². The van der Waals surface area contributed by atoms with Gasteiger partial charge >= 0.3 is 0 Å². The van der Waals surface area contributed by atoms with Gasteiger partial charge in [0.05, 0.1) is 0 Å². The molecule has 1 rings (SSSR count). The number of hydrogen-bond donors (Lipinski definition) is 1. The molecule has 0 bridgehead atoms. The molecule has 1 fully saturated rings. The molecule has 0 aromatic carbocycles. The van der Waals surface area contributed by atoms with Crippen LogP contribution in [0.25, 0.3) is 0 Å². The molecule has 11 heavy (non-hydrogen) atoms. The van der Waals surface area contributed by atoms with Gasteiger partial charge in [0.15, 0.2) is 0 Å². The molecule has 0 radical (unpaired) electrons. The largest absolute Gasteiger partial charge is 0.325 e. The third-order valence-corrected chi connectivity index (χ3v) is 3.26. The molecule has 2 unspecified atom stereocenters. The van der Waals surface area contributed by atoms with Crippen molar-refractivity contribution in [2.75, 3.05) is 0 Å². The van der Waals surface area contributed by atoms with Gasteiger partial charge in [-0.25, -0.2) is 0 Å². The van der Waals surface area contributed by atoms with Crippen molar-refractivity contribution in [1.82, 2.24) is 0 Å². The Balaban J connectivity index is 2.38. The fourth-order valence-corrected chi connectivity index (χ4v) is 2.15. The van der Waals surface area contributed by atoms with Crippen LogP contribution < -0.4 is 5.73 Å². The molecule has 0 amide bonds. The average molecular weight is 155 g/mol. The van der Waals surface area contributed by atoms with Crippen LogP contribution in [-0.2, 0) is 0 Å². The summed E-state index contributed by atoms with van der Waals surface area (Å²) >= 11 is 0. The average Bonchev–Trinajstić information content (AvgIpc) is 2.30. The molecule has 0 aromatic heterocycles. The van der Waals surface area contributed by atoms with Gasteiger partial charge in [-0.1, -0.05) is 33.1 Å². The van der Waals surface area contributed by atoms with E-state index in [-0.39, 0.29) is 5.54 Å². The zero-order valence-electron chi connectivity index (χ0n) is 7.90. The third-order valence-electron chi connectivity index (χ3n) is 3.26. The number of hydrogen-bond acceptors (Lipinski definition) is 1. The van der Waals surface area contributed by atoms with Gasteiger partial charge in [-0.15, -0.1) is 0 Å². The van der Waals surface area contributed by atoms with E-state index >= 15 is 0 Å². The van der Waals surface area contributed by atoms with E-state index in [4.69, 9.17) is 5.73 Å². The van der Waals surface area contributed by atoms with Crippen LogP contribution in [-0.4, -0.2) is 5.54 Å². The summed E-state index contributed by atoms with van der Waals surface area (Å²) in [6, 6.07) is 0. The second kappa shape index (κ2) is 3.57. The summed E-state index contributed by atoms with van der Waals surface area (Å²) in [5.41, 5.74) is 6.49. The lowest BCUT2D eigenvalue weighted by atomic mass is 9.85. The molecule has 1 nitrogen and oxygen atoms in total. The van der Waals surface area contributed by atoms with E-state index < -0.39 is 0 Å². The predicted octanol–water partition coefficient (Wildman–Crippen LogP) is 2.69. The van der Waals surface area contributed by atoms with E-state index in [9.17, 15) is 0 Å². The van der Waals surface area contributed by atoms with Gasteiger partial charge in [-0.2, -0.15) is 0 Å². The lowest BCUT2D eigenvalue weighted by Gasteiger charge is -2.28. The minimum absolute atomic E-state index is 0.204. The molecular weight excluding hydrogens is 134 g/mol. The maximum absolute atomic E-state index is 6.29. The minimum Gasteiger partial charge on any atom is -0.325 e. The SMILES string of the molecule is CCCCC1(N)CCCC1C. The first-order chi connectivity index (χ1) is 5.19. The summed E-state index contributed by atoms with van der Waals surface area (Å²) in [6.45, 7) is 4.55. The number of rotatable bonds is 3. The Bertz CT molecular complexity index is 122. The third kappa shape index (κ3) is 1.96. The highest BCUT2D eigenvalue weighted by Gasteiger charge is 2.35. The van der Waals surface area contributed by atoms with E-state index in [0.717, 1.165) is 5.92 Å². The van der Waals surface area contributed by atoms with Crippen molar-refractivity contribution < 1.29 is 0 Å². The molecule has 2 atom stereocenters. The lowest BCUT2D eigenvalue weighted by molar-refractivity contribution is 0.307. The molecule has 0 heterocycles. The van der Waals surface area contributed by atoms with Crippen molar-refractivity contribution in [2.45, 2.75) is 57.9 Å². The monoisotopic (exact) mass is 155 g/mol. The van der Waals surface area contributed by atoms with Crippen LogP contribution in [0.1, 0.15) is 52.4 Å². The van der Waals surface area contributed by atoms with Crippen LogP contribution in [0, 0.1) is 5.92 Å². The normalized spacial score (nSPS) is 37.9. The molecule has 1 saturated carbocycles. The molecule has 2 N–H and O–H groups in total. The molecule has 0 spiro atoms. The molecular formula is C10H21N. The van der Waals surface area contributed by atoms with Gasteiger partial charge < -0.3 is 5.73 Å². The van der Waals surface area contributed by atoms with Crippen LogP contribution >= 0.6 is 0 Å². The predicted molar refractivity (Wildman–Crippen MR) is 49.5 cm³/mol. The molecule has 1 aliphatic carbocycles. The van der Waals surface area contributed by atoms with Crippen LogP contribution in [0.5, 0.6) is 0 Å². The highest BCUT2D eigenvalue weighted by atomic mass is 14.8. The van der Waals surface area contributed by atoms with Gasteiger partial charge in [-0.3, -0.25) is 0 Å². The second-order valence-corrected chi connectivity index (χ2v) is 4.13. The van der Waals surface area contributed by atoms with Crippen molar-refractivity contribution in [1.29, 1.82) is 0 Å². The summed E-state index contributed by atoms with van der Waals surface area (Å²) in [4.78, 5) is 0. The van der Waals surface area contributed by atoms with Gasteiger partial charge in [0.1, 0.15) is 0 Å². The molecule has 66 valence electrons. The topological polar surface area (TPSA) is 26.0 Å². The highest BCUT2D eigenvalue weighted by molar-refractivity contribution is 4.93. The van der Waals surface area contributed by atoms with Crippen LogP contribution in [0.3, 0.4) is 0 Å². The van der Waals surface area contributed by atoms with Gasteiger partial charge in [0.25, 0.3) is 0 Å². The highest BCUT2D eigenvalue weighted by Crippen LogP contribution is 2.36. The van der Waals surface area contributed by atoms with Crippen molar-refractivity contribution in [3.63, 3.8) is 0 Å². The standard InChI is InChI=1S/C10H21N/c1-3-4-7-10(11)8-5-6-9(10)2/h9H,3-8,11H2,1-2H3. The molecule has 0 saturated heterocycles. The maximum Gasteiger partial charge on any atom is 0.0180 e. The zero-order valence-corrected chi connectivity index (χ0v) is 7.90. The summed E-state index contributed by atoms with van der Waals surface area (Å²) in [5, 5.41) is 0. The molecule has 0 aromatic rings. The first kappa shape index (κ1) is 9.05. The van der Waals surface area contributed by atoms with Gasteiger partial charge in [-0.05, 0) is 25.2 Å². The van der Waals surface area contributed by atoms with Crippen molar-refractivity contribution >= 4 is 0 Å². The quantitative estimate of drug-likeness (QED) is 0.666. The zero-order chi connectivity index (χ0) is 8.32. The number of nitrogens with two attached hydrogens (primary N) is 1. The van der Waals surface area contributed by atoms with E-state index in [1.165, 1.54) is 38.5 Å². The Morgan fingerprint density at radius 3 is 2.73 bits per heavy atom. The van der Waals surface area contributed by atoms with Crippen molar-refractivity contribution in [3.8, 4) is 0 Å². The fourth-order valence-electron chi connectivity index (χ4n) is 2.15. The van der Waals surface area contributed by atoms with E-state index in [1.54, 1.807) is 0 Å². The Labute approximate surface area is 70.4 Å². The minimum atomic E-state index is 0.204. The maximum atomic E-state index is 6.29. The first-order valence-electron chi connectivity index (χ1n) is 4.98. The molecule has 1 heteroatoms. The summed E-state index contributed by atoms with van der Waals surface area (Å²) < 4.78 is 0. The Hall–Kier alpha value is -0.0400. The first-order valence-corrected chi connectivity index (χ1v) is 4.98. The summed E-state index contributed by atoms with van der Waals surface area (Å²) in [6.07, 6.45) is 7.78. The fraction of sp³-hybridized carbons (Fsp3) is 1.00. The smallest absolute Gasteiger partial charge is 0.0180 e. The second-order valence-electron chi connectivity index (χ2n) is 4.13. The van der Waals surface area contributed by atoms with Crippen molar-refractivity contribution in [2.24, 2.45) is 11.7 Å². The Morgan fingerprint density at radius 1 is 1.55 bits per heavy atom. The summed E-state index contributed by atoms with van der Waals surface area (Å²) in [5.74, 6) is 0.758. The van der Waals surface area contributed by atoms with Gasteiger partial charge in [0.2, 0.25) is 0 Å². The van der Waals surface area contributed by atoms with Crippen molar-refractivity contribution in [3.05, 3.63) is 0 Å². The van der Waals surface area contributed by atoms with E-state index in [0.29, 0.717) is 0 Å². The molecule has 0 aliphatic heterocycles. The van der Waals surface area contributed by atoms with E-state index in [1.807, 2.05) is 0 Å². The van der Waals surface area contributed by atoms with Gasteiger partial charge in [0, 0.05) is 5.54 Å². The lowest BCUT2D eigenvalue weighted by Crippen LogP contribution is -2.42. The van der Waals surface area contributed by atoms with E-state index in [2.05, 4.69) is 13.8 Å². The summed E-state index contributed by atoms with van der Waals surface area (Å²) in [7, 11) is 0. The van der Waals surface area contributed by atoms with Crippen LogP contribution in [0.4, 0.5) is 0 Å². The Kier molecular flexibility index (Phi) is 2.94. The van der Waals surface area contributed by atoms with Crippen LogP contribution in [0.15, 0.2) is 0 Å². The Morgan fingerprint density at radius 2 is 2.27 bits per heavy atom. The number of unbranched alkanes of at least 4 members (excludes halogenated alkanes) is 1. The molecule has 1 aliphatic rings.